The highest BCUT2D eigenvalue weighted by molar-refractivity contribution is 5.38. The van der Waals surface area contributed by atoms with Crippen LogP contribution in [0.3, 0.4) is 0 Å². The van der Waals surface area contributed by atoms with Crippen LogP contribution in [-0.4, -0.2) is 44.8 Å². The SMILES string of the molecule is C=C1C(=CC=C2CCC[C@@]3(C)C2CC[C@@H]3[C@H](C)CCCC(C)(O)CO)C[C@@H](O)CC1O. The van der Waals surface area contributed by atoms with E-state index in [1.54, 1.807) is 6.92 Å². The van der Waals surface area contributed by atoms with E-state index in [1.165, 1.54) is 31.3 Å². The number of rotatable bonds is 7. The molecule has 0 radical (unpaired) electrons. The standard InChI is InChI=1S/C27H44O4/c1-18(7-5-13-26(3,31)17-28)23-11-12-24-20(8-6-14-27(23,24)4)9-10-21-15-22(29)16-25(30)19(21)2/h9-10,18,22-25,28-31H,2,5-8,11-17H2,1,3-4H3/t18-,22-,23-,24?,25?,26?,27-/m1/s1. The topological polar surface area (TPSA) is 80.9 Å². The van der Waals surface area contributed by atoms with Crippen LogP contribution in [0.1, 0.15) is 85.0 Å². The van der Waals surface area contributed by atoms with Crippen molar-refractivity contribution >= 4 is 0 Å². The Kier molecular flexibility index (Phi) is 7.89. The fourth-order valence-corrected chi connectivity index (χ4v) is 6.76. The molecule has 7 atom stereocenters. The first kappa shape index (κ1) is 24.7. The Labute approximate surface area is 188 Å². The van der Waals surface area contributed by atoms with Crippen molar-refractivity contribution in [1.82, 2.24) is 0 Å². The van der Waals surface area contributed by atoms with Crippen LogP contribution in [0, 0.1) is 23.2 Å². The van der Waals surface area contributed by atoms with Crippen molar-refractivity contribution in [3.8, 4) is 0 Å². The van der Waals surface area contributed by atoms with Crippen LogP contribution < -0.4 is 0 Å². The normalized spacial score (nSPS) is 39.5. The average molecular weight is 433 g/mol. The quantitative estimate of drug-likeness (QED) is 0.471. The van der Waals surface area contributed by atoms with Crippen molar-refractivity contribution in [1.29, 1.82) is 0 Å². The zero-order chi connectivity index (χ0) is 22.8. The summed E-state index contributed by atoms with van der Waals surface area (Å²) in [7, 11) is 0. The van der Waals surface area contributed by atoms with Crippen molar-refractivity contribution < 1.29 is 20.4 Å². The highest BCUT2D eigenvalue weighted by Gasteiger charge is 2.50. The molecular formula is C27H44O4. The van der Waals surface area contributed by atoms with Gasteiger partial charge in [0.05, 0.1) is 24.4 Å². The highest BCUT2D eigenvalue weighted by atomic mass is 16.3. The first-order valence-electron chi connectivity index (χ1n) is 12.4. The molecule has 0 heterocycles. The lowest BCUT2D eigenvalue weighted by atomic mass is 9.60. The van der Waals surface area contributed by atoms with Crippen LogP contribution in [0.2, 0.25) is 0 Å². The summed E-state index contributed by atoms with van der Waals surface area (Å²) < 4.78 is 0. The van der Waals surface area contributed by atoms with Crippen LogP contribution in [0.5, 0.6) is 0 Å². The number of hydrogen-bond acceptors (Lipinski definition) is 4. The summed E-state index contributed by atoms with van der Waals surface area (Å²) in [5, 5.41) is 39.5. The van der Waals surface area contributed by atoms with Gasteiger partial charge in [-0.15, -0.1) is 0 Å². The van der Waals surface area contributed by atoms with Gasteiger partial charge in [-0.05, 0) is 86.2 Å². The second-order valence-electron chi connectivity index (χ2n) is 11.2. The van der Waals surface area contributed by atoms with Crippen molar-refractivity contribution in [2.45, 2.75) is 103 Å². The molecule has 0 aromatic heterocycles. The summed E-state index contributed by atoms with van der Waals surface area (Å²) in [6.07, 6.45) is 13.1. The fourth-order valence-electron chi connectivity index (χ4n) is 6.76. The molecule has 0 aliphatic heterocycles. The zero-order valence-corrected chi connectivity index (χ0v) is 19.8. The molecule has 4 nitrogen and oxygen atoms in total. The Morgan fingerprint density at radius 3 is 2.71 bits per heavy atom. The minimum atomic E-state index is -0.958. The largest absolute Gasteiger partial charge is 0.393 e. The number of hydrogen-bond donors (Lipinski definition) is 4. The van der Waals surface area contributed by atoms with Crippen LogP contribution in [0.15, 0.2) is 35.5 Å². The van der Waals surface area contributed by atoms with E-state index in [-0.39, 0.29) is 6.61 Å². The van der Waals surface area contributed by atoms with Crippen molar-refractivity contribution in [3.63, 3.8) is 0 Å². The van der Waals surface area contributed by atoms with Crippen LogP contribution in [-0.2, 0) is 0 Å². The minimum absolute atomic E-state index is 0.172. The van der Waals surface area contributed by atoms with Gasteiger partial charge in [-0.3, -0.25) is 0 Å². The molecule has 3 rings (SSSR count). The van der Waals surface area contributed by atoms with E-state index < -0.39 is 17.8 Å². The number of allylic oxidation sites excluding steroid dienone is 3. The Morgan fingerprint density at radius 2 is 2.00 bits per heavy atom. The predicted octanol–water partition coefficient (Wildman–Crippen LogP) is 4.68. The van der Waals surface area contributed by atoms with Gasteiger partial charge >= 0.3 is 0 Å². The third kappa shape index (κ3) is 5.52. The van der Waals surface area contributed by atoms with Crippen molar-refractivity contribution in [2.24, 2.45) is 23.2 Å². The molecule has 0 saturated heterocycles. The smallest absolute Gasteiger partial charge is 0.0849 e. The lowest BCUT2D eigenvalue weighted by Crippen LogP contribution is -2.36. The lowest BCUT2D eigenvalue weighted by Gasteiger charge is -2.44. The van der Waals surface area contributed by atoms with E-state index in [4.69, 9.17) is 0 Å². The molecule has 4 N–H and O–H groups in total. The monoisotopic (exact) mass is 432 g/mol. The second-order valence-corrected chi connectivity index (χ2v) is 11.2. The molecular weight excluding hydrogens is 388 g/mol. The summed E-state index contributed by atoms with van der Waals surface area (Å²) in [6.45, 7) is 10.5. The molecule has 3 aliphatic rings. The first-order valence-corrected chi connectivity index (χ1v) is 12.4. The molecule has 0 spiro atoms. The Morgan fingerprint density at radius 1 is 1.26 bits per heavy atom. The van der Waals surface area contributed by atoms with Crippen LogP contribution in [0.25, 0.3) is 0 Å². The van der Waals surface area contributed by atoms with E-state index in [9.17, 15) is 20.4 Å². The van der Waals surface area contributed by atoms with Gasteiger partial charge in [0.25, 0.3) is 0 Å². The maximum atomic E-state index is 10.1. The predicted molar refractivity (Wildman–Crippen MR) is 125 cm³/mol. The maximum absolute atomic E-state index is 10.1. The van der Waals surface area contributed by atoms with Crippen molar-refractivity contribution in [3.05, 3.63) is 35.5 Å². The van der Waals surface area contributed by atoms with Gasteiger partial charge in [-0.25, -0.2) is 0 Å². The molecule has 0 bridgehead atoms. The van der Waals surface area contributed by atoms with E-state index in [0.29, 0.717) is 42.4 Å². The highest BCUT2D eigenvalue weighted by Crippen LogP contribution is 2.60. The van der Waals surface area contributed by atoms with E-state index in [2.05, 4.69) is 32.6 Å². The van der Waals surface area contributed by atoms with Crippen LogP contribution >= 0.6 is 0 Å². The van der Waals surface area contributed by atoms with E-state index in [0.717, 1.165) is 30.4 Å². The van der Waals surface area contributed by atoms with Gasteiger partial charge < -0.3 is 20.4 Å². The van der Waals surface area contributed by atoms with Gasteiger partial charge in [0.1, 0.15) is 0 Å². The second kappa shape index (κ2) is 9.91. The van der Waals surface area contributed by atoms with Gasteiger partial charge in [0.2, 0.25) is 0 Å². The summed E-state index contributed by atoms with van der Waals surface area (Å²) >= 11 is 0. The van der Waals surface area contributed by atoms with Gasteiger partial charge in [0.15, 0.2) is 0 Å². The molecule has 0 amide bonds. The molecule has 3 fully saturated rings. The molecule has 0 aromatic carbocycles. The number of aliphatic hydroxyl groups is 4. The molecule has 3 saturated carbocycles. The summed E-state index contributed by atoms with van der Waals surface area (Å²) in [5.74, 6) is 1.92. The fraction of sp³-hybridized carbons (Fsp3) is 0.778. The third-order valence-corrected chi connectivity index (χ3v) is 8.70. The average Bonchev–Trinajstić information content (AvgIpc) is 3.07. The summed E-state index contributed by atoms with van der Waals surface area (Å²) in [4.78, 5) is 0. The zero-order valence-electron chi connectivity index (χ0n) is 19.8. The Balaban J connectivity index is 1.68. The van der Waals surface area contributed by atoms with Crippen molar-refractivity contribution in [2.75, 3.05) is 6.61 Å². The molecule has 31 heavy (non-hydrogen) atoms. The summed E-state index contributed by atoms with van der Waals surface area (Å²) in [6, 6.07) is 0. The molecule has 176 valence electrons. The molecule has 4 heteroatoms. The Bertz CT molecular complexity index is 706. The van der Waals surface area contributed by atoms with Gasteiger partial charge in [0, 0.05) is 6.42 Å². The number of aliphatic hydroxyl groups excluding tert-OH is 3. The Hall–Kier alpha value is -0.940. The number of fused-ring (bicyclic) bond motifs is 1. The molecule has 3 unspecified atom stereocenters. The third-order valence-electron chi connectivity index (χ3n) is 8.70. The van der Waals surface area contributed by atoms with Gasteiger partial charge in [-0.2, -0.15) is 0 Å². The van der Waals surface area contributed by atoms with Gasteiger partial charge in [-0.1, -0.05) is 51.0 Å². The molecule has 3 aliphatic carbocycles. The lowest BCUT2D eigenvalue weighted by molar-refractivity contribution is -0.00891. The summed E-state index contributed by atoms with van der Waals surface area (Å²) in [5.41, 5.74) is 2.65. The molecule has 0 aromatic rings. The first-order chi connectivity index (χ1) is 14.6. The van der Waals surface area contributed by atoms with Crippen LogP contribution in [0.4, 0.5) is 0 Å². The minimum Gasteiger partial charge on any atom is -0.393 e. The maximum Gasteiger partial charge on any atom is 0.0849 e. The van der Waals surface area contributed by atoms with E-state index in [1.807, 2.05) is 0 Å². The van der Waals surface area contributed by atoms with E-state index >= 15 is 0 Å².